The molecule has 0 aliphatic carbocycles. The summed E-state index contributed by atoms with van der Waals surface area (Å²) in [5, 5.41) is 4.63. The highest BCUT2D eigenvalue weighted by atomic mass is 16.5. The molecule has 0 atom stereocenters. The number of imidazole rings is 1. The minimum Gasteiger partial charge on any atom is -0.365 e. The van der Waals surface area contributed by atoms with Crippen molar-refractivity contribution in [2.24, 2.45) is 0 Å². The van der Waals surface area contributed by atoms with Gasteiger partial charge in [0.05, 0.1) is 12.6 Å². The molecule has 2 saturated heterocycles. The Balaban J connectivity index is 1.15. The van der Waals surface area contributed by atoms with Crippen molar-refractivity contribution in [1.82, 2.24) is 24.4 Å². The topological polar surface area (TPSA) is 49.1 Å². The van der Waals surface area contributed by atoms with E-state index in [4.69, 9.17) is 4.74 Å². The zero-order chi connectivity index (χ0) is 19.2. The fourth-order valence-electron chi connectivity index (χ4n) is 3.87. The Bertz CT molecular complexity index is 809. The Morgan fingerprint density at radius 1 is 1.04 bits per heavy atom. The molecule has 0 spiro atoms. The molecule has 2 aromatic heterocycles. The molecule has 0 amide bonds. The predicted octanol–water partition coefficient (Wildman–Crippen LogP) is 1.36. The average molecular weight is 383 g/mol. The van der Waals surface area contributed by atoms with Crippen LogP contribution in [0.3, 0.4) is 0 Å². The van der Waals surface area contributed by atoms with E-state index in [2.05, 4.69) is 49.6 Å². The Morgan fingerprint density at radius 3 is 2.61 bits per heavy atom. The number of fused-ring (bicyclic) bond motifs is 1. The number of rotatable bonds is 5. The quantitative estimate of drug-likeness (QED) is 0.728. The molecule has 0 aromatic carbocycles. The monoisotopic (exact) mass is 382 g/mol. The lowest BCUT2D eigenvalue weighted by atomic mass is 10.1. The third kappa shape index (κ3) is 4.82. The van der Waals surface area contributed by atoms with Gasteiger partial charge in [-0.1, -0.05) is 18.8 Å². The molecule has 7 nitrogen and oxygen atoms in total. The Hall–Kier alpha value is -2.14. The molecule has 4 rings (SSSR count). The van der Waals surface area contributed by atoms with Crippen LogP contribution in [0.25, 0.3) is 5.65 Å². The fourth-order valence-corrected chi connectivity index (χ4v) is 3.87. The number of nitrogens with zero attached hydrogens (tertiary/aromatic N) is 6. The van der Waals surface area contributed by atoms with E-state index in [0.29, 0.717) is 12.7 Å². The van der Waals surface area contributed by atoms with Gasteiger partial charge in [0.25, 0.3) is 0 Å². The van der Waals surface area contributed by atoms with Crippen LogP contribution < -0.4 is 4.90 Å². The second-order valence-corrected chi connectivity index (χ2v) is 7.48. The molecule has 7 heteroatoms. The van der Waals surface area contributed by atoms with Crippen molar-refractivity contribution in [3.63, 3.8) is 0 Å². The number of aromatic nitrogens is 3. The van der Waals surface area contributed by atoms with Crippen molar-refractivity contribution in [3.8, 4) is 11.8 Å². The van der Waals surface area contributed by atoms with Crippen LogP contribution in [0.1, 0.15) is 19.8 Å². The summed E-state index contributed by atoms with van der Waals surface area (Å²) in [5.41, 5.74) is 0.882. The van der Waals surface area contributed by atoms with Crippen LogP contribution in [0, 0.1) is 11.8 Å². The minimum atomic E-state index is 0.302. The van der Waals surface area contributed by atoms with Crippen LogP contribution in [0.4, 0.5) is 5.82 Å². The summed E-state index contributed by atoms with van der Waals surface area (Å²) >= 11 is 0. The average Bonchev–Trinajstić information content (AvgIpc) is 3.22. The smallest absolute Gasteiger partial charge is 0.153 e. The Labute approximate surface area is 167 Å². The molecule has 0 radical (unpaired) electrons. The van der Waals surface area contributed by atoms with E-state index in [9.17, 15) is 0 Å². The van der Waals surface area contributed by atoms with Crippen LogP contribution in [-0.2, 0) is 4.74 Å². The molecule has 150 valence electrons. The maximum absolute atomic E-state index is 5.99. The molecular formula is C21H30N6O. The zero-order valence-corrected chi connectivity index (χ0v) is 16.8. The van der Waals surface area contributed by atoms with Gasteiger partial charge in [-0.3, -0.25) is 4.90 Å². The summed E-state index contributed by atoms with van der Waals surface area (Å²) in [4.78, 5) is 11.5. The van der Waals surface area contributed by atoms with E-state index in [0.717, 1.165) is 76.7 Å². The van der Waals surface area contributed by atoms with Crippen molar-refractivity contribution >= 4 is 11.5 Å². The SMILES string of the molecule is CCN1CCN(CC#CCOC2CCN(c3ccc4nccn4n3)CC2)CC1. The van der Waals surface area contributed by atoms with Crippen LogP contribution in [0.2, 0.25) is 0 Å². The first kappa shape index (κ1) is 19.2. The molecular weight excluding hydrogens is 352 g/mol. The Kier molecular flexibility index (Phi) is 6.42. The molecule has 2 aliphatic heterocycles. The molecule has 0 unspecified atom stereocenters. The second kappa shape index (κ2) is 9.37. The maximum Gasteiger partial charge on any atom is 0.153 e. The fraction of sp³-hybridized carbons (Fsp3) is 0.619. The summed E-state index contributed by atoms with van der Waals surface area (Å²) in [7, 11) is 0. The number of hydrogen-bond donors (Lipinski definition) is 0. The number of ether oxygens (including phenoxy) is 1. The van der Waals surface area contributed by atoms with E-state index in [-0.39, 0.29) is 0 Å². The van der Waals surface area contributed by atoms with E-state index in [1.54, 1.807) is 6.20 Å². The minimum absolute atomic E-state index is 0.302. The predicted molar refractivity (Wildman–Crippen MR) is 111 cm³/mol. The van der Waals surface area contributed by atoms with Crippen molar-refractivity contribution in [2.75, 3.05) is 63.9 Å². The highest BCUT2D eigenvalue weighted by Crippen LogP contribution is 2.19. The number of hydrogen-bond acceptors (Lipinski definition) is 6. The number of piperidine rings is 1. The highest BCUT2D eigenvalue weighted by molar-refractivity contribution is 5.46. The van der Waals surface area contributed by atoms with Gasteiger partial charge in [0.15, 0.2) is 5.65 Å². The summed E-state index contributed by atoms with van der Waals surface area (Å²) in [6.45, 7) is 11.3. The van der Waals surface area contributed by atoms with Crippen molar-refractivity contribution in [2.45, 2.75) is 25.9 Å². The lowest BCUT2D eigenvalue weighted by Gasteiger charge is -2.32. The lowest BCUT2D eigenvalue weighted by molar-refractivity contribution is 0.0593. The first-order valence-electron chi connectivity index (χ1n) is 10.4. The van der Waals surface area contributed by atoms with Crippen molar-refractivity contribution in [1.29, 1.82) is 0 Å². The second-order valence-electron chi connectivity index (χ2n) is 7.48. The molecule has 0 bridgehead atoms. The normalized spacial score (nSPS) is 19.7. The summed E-state index contributed by atoms with van der Waals surface area (Å²) < 4.78 is 7.82. The molecule has 2 aromatic rings. The van der Waals surface area contributed by atoms with Crippen molar-refractivity contribution < 1.29 is 4.74 Å². The van der Waals surface area contributed by atoms with Crippen LogP contribution in [-0.4, -0.2) is 89.5 Å². The van der Waals surface area contributed by atoms with E-state index >= 15 is 0 Å². The highest BCUT2D eigenvalue weighted by Gasteiger charge is 2.20. The number of likely N-dealkylation sites (N-methyl/N-ethyl adjacent to an activating group) is 1. The molecule has 4 heterocycles. The van der Waals surface area contributed by atoms with Gasteiger partial charge >= 0.3 is 0 Å². The third-order valence-corrected chi connectivity index (χ3v) is 5.74. The van der Waals surface area contributed by atoms with E-state index in [1.807, 2.05) is 16.8 Å². The van der Waals surface area contributed by atoms with Gasteiger partial charge < -0.3 is 14.5 Å². The van der Waals surface area contributed by atoms with E-state index in [1.165, 1.54) is 0 Å². The summed E-state index contributed by atoms with van der Waals surface area (Å²) in [5.74, 6) is 7.49. The molecule has 28 heavy (non-hydrogen) atoms. The standard InChI is InChI=1S/C21H30N6O/c1-2-24-14-16-25(17-15-24)10-3-4-18-28-19-7-11-26(12-8-19)21-6-5-20-22-9-13-27(20)23-21/h5-6,9,13,19H,2,7-8,10-12,14-18H2,1H3. The summed E-state index contributed by atoms with van der Waals surface area (Å²) in [6.07, 6.45) is 6.00. The molecule has 0 saturated carbocycles. The first-order valence-corrected chi connectivity index (χ1v) is 10.4. The third-order valence-electron chi connectivity index (χ3n) is 5.74. The Morgan fingerprint density at radius 2 is 1.82 bits per heavy atom. The van der Waals surface area contributed by atoms with Gasteiger partial charge in [-0.2, -0.15) is 0 Å². The molecule has 2 aliphatic rings. The lowest BCUT2D eigenvalue weighted by Crippen LogP contribution is -2.46. The van der Waals surface area contributed by atoms with Crippen LogP contribution >= 0.6 is 0 Å². The van der Waals surface area contributed by atoms with Gasteiger partial charge in [-0.25, -0.2) is 9.50 Å². The van der Waals surface area contributed by atoms with Gasteiger partial charge in [-0.15, -0.1) is 5.10 Å². The van der Waals surface area contributed by atoms with Gasteiger partial charge in [0, 0.05) is 51.7 Å². The van der Waals surface area contributed by atoms with Gasteiger partial charge in [0.2, 0.25) is 0 Å². The number of piperazine rings is 1. The molecule has 2 fully saturated rings. The summed E-state index contributed by atoms with van der Waals surface area (Å²) in [6, 6.07) is 4.07. The molecule has 0 N–H and O–H groups in total. The van der Waals surface area contributed by atoms with E-state index < -0.39 is 0 Å². The van der Waals surface area contributed by atoms with Crippen LogP contribution in [0.5, 0.6) is 0 Å². The van der Waals surface area contributed by atoms with Crippen LogP contribution in [0.15, 0.2) is 24.5 Å². The van der Waals surface area contributed by atoms with Crippen molar-refractivity contribution in [3.05, 3.63) is 24.5 Å². The first-order chi connectivity index (χ1) is 13.8. The number of anilines is 1. The zero-order valence-electron chi connectivity index (χ0n) is 16.8. The van der Waals surface area contributed by atoms with Gasteiger partial charge in [0.1, 0.15) is 12.4 Å². The largest absolute Gasteiger partial charge is 0.365 e. The van der Waals surface area contributed by atoms with Gasteiger partial charge in [-0.05, 0) is 31.5 Å². The maximum atomic E-state index is 5.99.